The zero-order chi connectivity index (χ0) is 18.1. The van der Waals surface area contributed by atoms with Crippen LogP contribution in [0.3, 0.4) is 0 Å². The average Bonchev–Trinajstić information content (AvgIpc) is 3.02. The molecule has 0 spiro atoms. The number of hydrogen-bond donors (Lipinski definition) is 2. The minimum Gasteiger partial charge on any atom is -0.384 e. The highest BCUT2D eigenvalue weighted by atomic mass is 19.1. The molecule has 0 aliphatic heterocycles. The Kier molecular flexibility index (Phi) is 3.93. The molecule has 1 aromatic carbocycles. The van der Waals surface area contributed by atoms with Crippen molar-refractivity contribution in [1.29, 1.82) is 0 Å². The largest absolute Gasteiger partial charge is 0.384 e. The van der Waals surface area contributed by atoms with Crippen LogP contribution in [0, 0.1) is 12.7 Å². The van der Waals surface area contributed by atoms with Crippen molar-refractivity contribution in [1.82, 2.24) is 19.9 Å². The first-order valence-electron chi connectivity index (χ1n) is 8.11. The topological polar surface area (TPSA) is 80.5 Å². The average molecular weight is 345 g/mol. The Labute approximate surface area is 149 Å². The Bertz CT molecular complexity index is 1090. The summed E-state index contributed by atoms with van der Waals surface area (Å²) in [6.07, 6.45) is 5.42. The van der Waals surface area contributed by atoms with E-state index in [1.807, 2.05) is 37.3 Å². The van der Waals surface area contributed by atoms with Crippen molar-refractivity contribution < 1.29 is 4.39 Å². The van der Waals surface area contributed by atoms with Gasteiger partial charge in [0, 0.05) is 11.8 Å². The fourth-order valence-electron chi connectivity index (χ4n) is 2.76. The molecular weight excluding hydrogens is 329 g/mol. The monoisotopic (exact) mass is 345 g/mol. The zero-order valence-corrected chi connectivity index (χ0v) is 14.1. The molecule has 5 nitrogen and oxygen atoms in total. The van der Waals surface area contributed by atoms with Crippen molar-refractivity contribution >= 4 is 29.1 Å². The smallest absolute Gasteiger partial charge is 0.157 e. The van der Waals surface area contributed by atoms with Crippen molar-refractivity contribution in [3.05, 3.63) is 71.6 Å². The molecule has 26 heavy (non-hydrogen) atoms. The molecule has 0 amide bonds. The number of imidazole rings is 1. The van der Waals surface area contributed by atoms with E-state index in [0.29, 0.717) is 17.3 Å². The molecule has 128 valence electrons. The van der Waals surface area contributed by atoms with E-state index in [-0.39, 0.29) is 5.82 Å². The molecule has 0 radical (unpaired) electrons. The van der Waals surface area contributed by atoms with Crippen molar-refractivity contribution in [3.63, 3.8) is 0 Å². The number of H-pyrrole nitrogens is 1. The second-order valence-electron chi connectivity index (χ2n) is 6.05. The van der Waals surface area contributed by atoms with Gasteiger partial charge < -0.3 is 10.7 Å². The number of benzene rings is 1. The predicted molar refractivity (Wildman–Crippen MR) is 102 cm³/mol. The molecule has 0 unspecified atom stereocenters. The van der Waals surface area contributed by atoms with Gasteiger partial charge >= 0.3 is 0 Å². The lowest BCUT2D eigenvalue weighted by atomic mass is 10.1. The zero-order valence-electron chi connectivity index (χ0n) is 14.1. The Morgan fingerprint density at radius 3 is 2.58 bits per heavy atom. The highest BCUT2D eigenvalue weighted by Crippen LogP contribution is 2.22. The van der Waals surface area contributed by atoms with Gasteiger partial charge in [0.2, 0.25) is 0 Å². The van der Waals surface area contributed by atoms with Crippen LogP contribution in [0.2, 0.25) is 0 Å². The molecule has 0 saturated carbocycles. The molecule has 0 bridgehead atoms. The van der Waals surface area contributed by atoms with Crippen LogP contribution in [0.15, 0.2) is 48.7 Å². The lowest BCUT2D eigenvalue weighted by molar-refractivity contribution is 0.628. The molecule has 3 N–H and O–H groups in total. The maximum absolute atomic E-state index is 13.1. The highest BCUT2D eigenvalue weighted by Gasteiger charge is 2.05. The summed E-state index contributed by atoms with van der Waals surface area (Å²) in [4.78, 5) is 16.4. The number of aromatic amines is 1. The van der Waals surface area contributed by atoms with Crippen molar-refractivity contribution in [2.75, 3.05) is 5.73 Å². The number of aryl methyl sites for hydroxylation is 1. The number of nitrogens with one attached hydrogen (secondary N) is 1. The van der Waals surface area contributed by atoms with Crippen LogP contribution < -0.4 is 5.73 Å². The van der Waals surface area contributed by atoms with E-state index < -0.39 is 0 Å². The quantitative estimate of drug-likeness (QED) is 0.582. The molecule has 0 atom stereocenters. The van der Waals surface area contributed by atoms with Crippen LogP contribution in [-0.2, 0) is 0 Å². The molecule has 0 fully saturated rings. The second kappa shape index (κ2) is 6.40. The normalized spacial score (nSPS) is 11.5. The first-order chi connectivity index (χ1) is 12.6. The molecular formula is C20H16FN5. The van der Waals surface area contributed by atoms with Gasteiger partial charge in [0.15, 0.2) is 5.65 Å². The molecule has 0 aliphatic rings. The molecule has 4 aromatic rings. The van der Waals surface area contributed by atoms with E-state index in [2.05, 4.69) is 19.9 Å². The van der Waals surface area contributed by atoms with Gasteiger partial charge in [-0.15, -0.1) is 0 Å². The standard InChI is InChI=1S/C20H16FN5/c1-12-8-16(24-18(22)9-12)6-7-19-25-17-10-14(11-23-20(17)26-19)13-2-4-15(21)5-3-13/h2-11H,1H3,(H2,22,24)(H,23,25,26). The van der Waals surface area contributed by atoms with Gasteiger partial charge in [-0.2, -0.15) is 0 Å². The van der Waals surface area contributed by atoms with Crippen LogP contribution in [0.4, 0.5) is 10.2 Å². The van der Waals surface area contributed by atoms with Gasteiger partial charge in [-0.1, -0.05) is 12.1 Å². The lowest BCUT2D eigenvalue weighted by Crippen LogP contribution is -1.92. The number of nitrogens with zero attached hydrogens (tertiary/aromatic N) is 3. The molecule has 0 saturated heterocycles. The van der Waals surface area contributed by atoms with Gasteiger partial charge in [0.05, 0.1) is 5.69 Å². The number of pyridine rings is 2. The third-order valence-corrected chi connectivity index (χ3v) is 3.95. The maximum atomic E-state index is 13.1. The first-order valence-corrected chi connectivity index (χ1v) is 8.11. The lowest BCUT2D eigenvalue weighted by Gasteiger charge is -2.00. The Morgan fingerprint density at radius 2 is 1.81 bits per heavy atom. The number of aromatic nitrogens is 4. The predicted octanol–water partition coefficient (Wildman–Crippen LogP) is 4.22. The Balaban J connectivity index is 1.65. The van der Waals surface area contributed by atoms with Crippen LogP contribution in [0.1, 0.15) is 17.1 Å². The van der Waals surface area contributed by atoms with Crippen molar-refractivity contribution in [3.8, 4) is 11.1 Å². The fraction of sp³-hybridized carbons (Fsp3) is 0.0500. The number of nitrogen functional groups attached to an aromatic ring is 1. The minimum absolute atomic E-state index is 0.264. The number of halogens is 1. The summed E-state index contributed by atoms with van der Waals surface area (Å²) in [6.45, 7) is 1.97. The second-order valence-corrected chi connectivity index (χ2v) is 6.05. The molecule has 6 heteroatoms. The summed E-state index contributed by atoms with van der Waals surface area (Å²) in [5, 5.41) is 0. The minimum atomic E-state index is -0.264. The summed E-state index contributed by atoms with van der Waals surface area (Å²) in [6, 6.07) is 12.0. The fourth-order valence-corrected chi connectivity index (χ4v) is 2.76. The third-order valence-electron chi connectivity index (χ3n) is 3.95. The van der Waals surface area contributed by atoms with E-state index in [4.69, 9.17) is 5.73 Å². The van der Waals surface area contributed by atoms with Crippen molar-refractivity contribution in [2.45, 2.75) is 6.92 Å². The summed E-state index contributed by atoms with van der Waals surface area (Å²) in [7, 11) is 0. The molecule has 3 heterocycles. The number of fused-ring (bicyclic) bond motifs is 1. The molecule has 4 rings (SSSR count). The molecule has 0 aliphatic carbocycles. The maximum Gasteiger partial charge on any atom is 0.157 e. The summed E-state index contributed by atoms with van der Waals surface area (Å²) in [5.41, 5.74) is 10.8. The van der Waals surface area contributed by atoms with E-state index in [0.717, 1.165) is 27.9 Å². The Morgan fingerprint density at radius 1 is 1.00 bits per heavy atom. The summed E-state index contributed by atoms with van der Waals surface area (Å²) < 4.78 is 13.1. The van der Waals surface area contributed by atoms with Gasteiger partial charge in [-0.25, -0.2) is 19.3 Å². The van der Waals surface area contributed by atoms with E-state index in [1.165, 1.54) is 12.1 Å². The van der Waals surface area contributed by atoms with Gasteiger partial charge in [-0.05, 0) is 60.5 Å². The number of rotatable bonds is 3. The van der Waals surface area contributed by atoms with Gasteiger partial charge in [0.1, 0.15) is 23.0 Å². The SMILES string of the molecule is Cc1cc(N)nc(C=Cc2nc3cc(-c4ccc(F)cc4)cnc3[nH]2)c1. The summed E-state index contributed by atoms with van der Waals surface area (Å²) >= 11 is 0. The Hall–Kier alpha value is -3.54. The van der Waals surface area contributed by atoms with E-state index in [9.17, 15) is 4.39 Å². The van der Waals surface area contributed by atoms with Gasteiger partial charge in [-0.3, -0.25) is 0 Å². The van der Waals surface area contributed by atoms with E-state index in [1.54, 1.807) is 18.3 Å². The van der Waals surface area contributed by atoms with Gasteiger partial charge in [0.25, 0.3) is 0 Å². The van der Waals surface area contributed by atoms with E-state index >= 15 is 0 Å². The van der Waals surface area contributed by atoms with Crippen molar-refractivity contribution in [2.24, 2.45) is 0 Å². The highest BCUT2D eigenvalue weighted by molar-refractivity contribution is 5.80. The van der Waals surface area contributed by atoms with Crippen LogP contribution in [0.5, 0.6) is 0 Å². The van der Waals surface area contributed by atoms with Crippen LogP contribution in [-0.4, -0.2) is 19.9 Å². The molecule has 3 aromatic heterocycles. The number of hydrogen-bond acceptors (Lipinski definition) is 4. The van der Waals surface area contributed by atoms with Crippen LogP contribution >= 0.6 is 0 Å². The first kappa shape index (κ1) is 16.0. The number of nitrogens with two attached hydrogens (primary N) is 1. The summed E-state index contributed by atoms with van der Waals surface area (Å²) in [5.74, 6) is 0.894. The third kappa shape index (κ3) is 3.30. The van der Waals surface area contributed by atoms with Crippen LogP contribution in [0.25, 0.3) is 34.4 Å². The number of anilines is 1.